The molecule has 1 N–H and O–H groups in total. The molecule has 66 valence electrons. The van der Waals surface area contributed by atoms with Crippen LogP contribution in [0.1, 0.15) is 12.8 Å². The van der Waals surface area contributed by atoms with Crippen molar-refractivity contribution in [2.45, 2.75) is 18.9 Å². The van der Waals surface area contributed by atoms with Crippen molar-refractivity contribution in [1.82, 2.24) is 0 Å². The van der Waals surface area contributed by atoms with Gasteiger partial charge in [0, 0.05) is 0 Å². The molecular weight excluding hydrogens is 158 g/mol. The van der Waals surface area contributed by atoms with Gasteiger partial charge < -0.3 is 9.84 Å². The van der Waals surface area contributed by atoms with Crippen LogP contribution in [0.3, 0.4) is 0 Å². The van der Waals surface area contributed by atoms with Gasteiger partial charge in [0.1, 0.15) is 0 Å². The van der Waals surface area contributed by atoms with Gasteiger partial charge in [0.2, 0.25) is 0 Å². The molecule has 0 aromatic heterocycles. The van der Waals surface area contributed by atoms with E-state index in [9.17, 15) is 9.90 Å². The first-order valence-electron chi connectivity index (χ1n) is 3.84. The summed E-state index contributed by atoms with van der Waals surface area (Å²) >= 11 is 0. The van der Waals surface area contributed by atoms with E-state index in [1.807, 2.05) is 6.07 Å². The zero-order chi connectivity index (χ0) is 9.14. The number of hydrogen-bond donors (Lipinski definition) is 1. The summed E-state index contributed by atoms with van der Waals surface area (Å²) in [7, 11) is 1.31. The summed E-state index contributed by atoms with van der Waals surface area (Å²) in [5.41, 5.74) is 0. The van der Waals surface area contributed by atoms with Gasteiger partial charge in [0.25, 0.3) is 0 Å². The van der Waals surface area contributed by atoms with E-state index < -0.39 is 12.0 Å². The number of ether oxygens (including phenoxy) is 1. The minimum atomic E-state index is -0.668. The summed E-state index contributed by atoms with van der Waals surface area (Å²) in [5.74, 6) is -1.03. The molecule has 4 heteroatoms. The van der Waals surface area contributed by atoms with Gasteiger partial charge in [-0.1, -0.05) is 0 Å². The number of esters is 1. The summed E-state index contributed by atoms with van der Waals surface area (Å²) < 4.78 is 4.52. The molecule has 1 aliphatic rings. The van der Waals surface area contributed by atoms with Gasteiger partial charge in [0.15, 0.2) is 0 Å². The van der Waals surface area contributed by atoms with E-state index in [2.05, 4.69) is 4.74 Å². The van der Waals surface area contributed by atoms with E-state index in [0.29, 0.717) is 12.8 Å². The van der Waals surface area contributed by atoms with Crippen molar-refractivity contribution in [1.29, 1.82) is 5.26 Å². The van der Waals surface area contributed by atoms with Crippen molar-refractivity contribution >= 4 is 5.97 Å². The number of carbonyl (C=O) groups is 1. The lowest BCUT2D eigenvalue weighted by atomic mass is 10.1. The van der Waals surface area contributed by atoms with Crippen molar-refractivity contribution in [2.24, 2.45) is 11.8 Å². The Morgan fingerprint density at radius 2 is 2.33 bits per heavy atom. The average Bonchev–Trinajstić information content (AvgIpc) is 2.45. The van der Waals surface area contributed by atoms with Crippen molar-refractivity contribution in [3.8, 4) is 6.07 Å². The molecule has 0 aromatic carbocycles. The maximum absolute atomic E-state index is 11.0. The minimum absolute atomic E-state index is 0.297. The smallest absolute Gasteiger partial charge is 0.308 e. The summed E-state index contributed by atoms with van der Waals surface area (Å²) in [5, 5.41) is 17.8. The molecule has 12 heavy (non-hydrogen) atoms. The van der Waals surface area contributed by atoms with E-state index in [4.69, 9.17) is 5.26 Å². The monoisotopic (exact) mass is 169 g/mol. The number of hydrogen-bond acceptors (Lipinski definition) is 4. The van der Waals surface area contributed by atoms with Crippen LogP contribution < -0.4 is 0 Å². The first-order valence-corrected chi connectivity index (χ1v) is 3.84. The van der Waals surface area contributed by atoms with E-state index in [0.717, 1.165) is 0 Å². The summed E-state index contributed by atoms with van der Waals surface area (Å²) in [4.78, 5) is 11.0. The number of carbonyl (C=O) groups excluding carboxylic acids is 1. The van der Waals surface area contributed by atoms with Crippen molar-refractivity contribution in [2.75, 3.05) is 7.11 Å². The van der Waals surface area contributed by atoms with E-state index in [1.54, 1.807) is 0 Å². The zero-order valence-electron chi connectivity index (χ0n) is 6.86. The second-order valence-corrected chi connectivity index (χ2v) is 2.99. The molecule has 1 saturated carbocycles. The van der Waals surface area contributed by atoms with E-state index in [1.165, 1.54) is 7.11 Å². The van der Waals surface area contributed by atoms with Crippen LogP contribution in [-0.4, -0.2) is 24.3 Å². The second kappa shape index (κ2) is 3.55. The third-order valence-electron chi connectivity index (χ3n) is 2.23. The molecule has 0 amide bonds. The lowest BCUT2D eigenvalue weighted by molar-refractivity contribution is -0.145. The predicted molar refractivity (Wildman–Crippen MR) is 39.8 cm³/mol. The normalized spacial score (nSPS) is 34.2. The van der Waals surface area contributed by atoms with Crippen molar-refractivity contribution < 1.29 is 14.6 Å². The molecule has 0 aliphatic heterocycles. The molecular formula is C8H11NO3. The highest BCUT2D eigenvalue weighted by Crippen LogP contribution is 2.31. The Morgan fingerprint density at radius 3 is 2.75 bits per heavy atom. The largest absolute Gasteiger partial charge is 0.469 e. The first-order chi connectivity index (χ1) is 5.69. The molecule has 4 nitrogen and oxygen atoms in total. The number of methoxy groups -OCH3 is 1. The third-order valence-corrected chi connectivity index (χ3v) is 2.23. The van der Waals surface area contributed by atoms with E-state index >= 15 is 0 Å². The van der Waals surface area contributed by atoms with Crippen LogP contribution in [0.25, 0.3) is 0 Å². The van der Waals surface area contributed by atoms with Gasteiger partial charge in [-0.05, 0) is 12.8 Å². The van der Waals surface area contributed by atoms with Crippen LogP contribution in [0, 0.1) is 23.2 Å². The van der Waals surface area contributed by atoms with Gasteiger partial charge in [-0.3, -0.25) is 4.79 Å². The molecule has 1 fully saturated rings. The highest BCUT2D eigenvalue weighted by atomic mass is 16.5. The summed E-state index contributed by atoms with van der Waals surface area (Å²) in [6.07, 6.45) is 0.106. The Bertz CT molecular complexity index is 221. The molecule has 1 rings (SSSR count). The van der Waals surface area contributed by atoms with Crippen LogP contribution in [0.2, 0.25) is 0 Å². The zero-order valence-corrected chi connectivity index (χ0v) is 6.86. The first kappa shape index (κ1) is 9.01. The number of nitrogens with zero attached hydrogens (tertiary/aromatic N) is 1. The van der Waals surface area contributed by atoms with Gasteiger partial charge in [-0.15, -0.1) is 0 Å². The van der Waals surface area contributed by atoms with Crippen LogP contribution in [0.5, 0.6) is 0 Å². The Kier molecular flexibility index (Phi) is 2.66. The fraction of sp³-hybridized carbons (Fsp3) is 0.750. The maximum atomic E-state index is 11.0. The Balaban J connectivity index is 2.55. The summed E-state index contributed by atoms with van der Waals surface area (Å²) in [6, 6.07) is 1.96. The van der Waals surface area contributed by atoms with Crippen LogP contribution in [0.4, 0.5) is 0 Å². The molecule has 3 atom stereocenters. The second-order valence-electron chi connectivity index (χ2n) is 2.99. The Morgan fingerprint density at radius 1 is 1.67 bits per heavy atom. The molecule has 3 unspecified atom stereocenters. The molecule has 0 radical (unpaired) electrons. The fourth-order valence-electron chi connectivity index (χ4n) is 1.51. The number of nitriles is 1. The Labute approximate surface area is 70.7 Å². The van der Waals surface area contributed by atoms with Gasteiger partial charge in [0.05, 0.1) is 31.1 Å². The van der Waals surface area contributed by atoms with Crippen molar-refractivity contribution in [3.63, 3.8) is 0 Å². The molecule has 0 spiro atoms. The lowest BCUT2D eigenvalue weighted by Crippen LogP contribution is -2.13. The minimum Gasteiger partial charge on any atom is -0.469 e. The quantitative estimate of drug-likeness (QED) is 0.564. The molecule has 0 saturated heterocycles. The maximum Gasteiger partial charge on any atom is 0.308 e. The number of rotatable bonds is 1. The van der Waals surface area contributed by atoms with Gasteiger partial charge >= 0.3 is 5.97 Å². The van der Waals surface area contributed by atoms with Gasteiger partial charge in [-0.2, -0.15) is 5.26 Å². The topological polar surface area (TPSA) is 70.3 Å². The standard InChI is InChI=1S/C8H11NO3/c1-12-8(11)5-2-6(4-9)7(10)3-5/h5-7,10H,2-3H2,1H3. The van der Waals surface area contributed by atoms with Crippen LogP contribution >= 0.6 is 0 Å². The molecule has 0 bridgehead atoms. The van der Waals surface area contributed by atoms with E-state index in [-0.39, 0.29) is 11.9 Å². The van der Waals surface area contributed by atoms with Crippen LogP contribution in [-0.2, 0) is 9.53 Å². The highest BCUT2D eigenvalue weighted by Gasteiger charge is 2.37. The molecule has 0 aromatic rings. The number of aliphatic hydroxyl groups excluding tert-OH is 1. The fourth-order valence-corrected chi connectivity index (χ4v) is 1.51. The summed E-state index contributed by atoms with van der Waals surface area (Å²) in [6.45, 7) is 0. The van der Waals surface area contributed by atoms with Crippen LogP contribution in [0.15, 0.2) is 0 Å². The van der Waals surface area contributed by atoms with Crippen molar-refractivity contribution in [3.05, 3.63) is 0 Å². The average molecular weight is 169 g/mol. The van der Waals surface area contributed by atoms with Gasteiger partial charge in [-0.25, -0.2) is 0 Å². The number of aliphatic hydroxyl groups is 1. The molecule has 1 aliphatic carbocycles. The third kappa shape index (κ3) is 1.56. The SMILES string of the molecule is COC(=O)C1CC(O)C(C#N)C1. The predicted octanol–water partition coefficient (Wildman–Crippen LogP) is 0.0701. The Hall–Kier alpha value is -1.08. The lowest BCUT2D eigenvalue weighted by Gasteiger charge is -2.04. The highest BCUT2D eigenvalue weighted by molar-refractivity contribution is 5.72. The molecule has 0 heterocycles.